The van der Waals surface area contributed by atoms with Gasteiger partial charge in [0.2, 0.25) is 11.8 Å². The molecule has 2 aromatic rings. The number of nitrogen functional groups attached to an aromatic ring is 1. The number of carbonyl (C=O) groups excluding carboxylic acids is 1. The van der Waals surface area contributed by atoms with Gasteiger partial charge in [-0.05, 0) is 12.8 Å². The lowest BCUT2D eigenvalue weighted by Crippen LogP contribution is -2.39. The quantitative estimate of drug-likeness (QED) is 0.761. The lowest BCUT2D eigenvalue weighted by atomic mass is 10.2. The predicted octanol–water partition coefficient (Wildman–Crippen LogP) is 0.940. The number of amides is 2. The zero-order chi connectivity index (χ0) is 16.4. The zero-order valence-corrected chi connectivity index (χ0v) is 13.1. The Hall–Kier alpha value is -2.65. The summed E-state index contributed by atoms with van der Waals surface area (Å²) in [5.74, 6) is 1.99. The average molecular weight is 320 g/mol. The number of nitrogens with two attached hydrogens (primary N) is 1. The fourth-order valence-corrected chi connectivity index (χ4v) is 2.53. The van der Waals surface area contributed by atoms with E-state index in [1.807, 2.05) is 13.8 Å². The summed E-state index contributed by atoms with van der Waals surface area (Å²) in [6, 6.07) is -0.387. The summed E-state index contributed by atoms with van der Waals surface area (Å²) in [6.07, 6.45) is 1.70. The summed E-state index contributed by atoms with van der Waals surface area (Å²) in [6.45, 7) is 4.87. The van der Waals surface area contributed by atoms with E-state index in [0.717, 1.165) is 12.8 Å². The van der Waals surface area contributed by atoms with Gasteiger partial charge in [-0.2, -0.15) is 9.97 Å². The van der Waals surface area contributed by atoms with Crippen LogP contribution in [0.3, 0.4) is 0 Å². The van der Waals surface area contributed by atoms with Crippen molar-refractivity contribution in [1.29, 1.82) is 0 Å². The first kappa shape index (κ1) is 15.3. The largest absolute Gasteiger partial charge is 0.367 e. The maximum absolute atomic E-state index is 12.4. The molecule has 3 rings (SSSR count). The second kappa shape index (κ2) is 6.23. The molecule has 1 aliphatic rings. The van der Waals surface area contributed by atoms with Gasteiger partial charge >= 0.3 is 6.03 Å². The molecule has 0 unspecified atom stereocenters. The second-order valence-corrected chi connectivity index (χ2v) is 5.80. The van der Waals surface area contributed by atoms with E-state index in [9.17, 15) is 4.79 Å². The molecule has 0 aliphatic carbocycles. The number of urea groups is 1. The van der Waals surface area contributed by atoms with Gasteiger partial charge in [-0.25, -0.2) is 4.79 Å². The molecule has 3 heterocycles. The number of aromatic nitrogens is 5. The van der Waals surface area contributed by atoms with Gasteiger partial charge in [0, 0.05) is 12.5 Å². The van der Waals surface area contributed by atoms with Crippen LogP contribution in [-0.4, -0.2) is 42.8 Å². The normalized spacial score (nSPS) is 17.9. The topological polar surface area (TPSA) is 139 Å². The Morgan fingerprint density at radius 1 is 1.52 bits per heavy atom. The van der Waals surface area contributed by atoms with E-state index in [4.69, 9.17) is 10.3 Å². The van der Waals surface area contributed by atoms with Crippen molar-refractivity contribution in [3.05, 3.63) is 17.5 Å². The SMILES string of the molecule is CC(C)c1noc([C@@H]2CCCN2C(=O)NCc2nc(N)n[nH]2)n1. The number of rotatable bonds is 4. The molecule has 1 aliphatic heterocycles. The number of anilines is 1. The summed E-state index contributed by atoms with van der Waals surface area (Å²) in [7, 11) is 0. The van der Waals surface area contributed by atoms with Crippen LogP contribution in [0.1, 0.15) is 56.2 Å². The molecule has 1 atom stereocenters. The third-order valence-corrected chi connectivity index (χ3v) is 3.73. The van der Waals surface area contributed by atoms with Crippen LogP contribution >= 0.6 is 0 Å². The van der Waals surface area contributed by atoms with E-state index < -0.39 is 0 Å². The molecule has 0 radical (unpaired) electrons. The van der Waals surface area contributed by atoms with Gasteiger partial charge in [0.15, 0.2) is 5.82 Å². The number of likely N-dealkylation sites (tertiary alicyclic amines) is 1. The minimum absolute atomic E-state index is 0.153. The molecule has 10 nitrogen and oxygen atoms in total. The number of hydrogen-bond acceptors (Lipinski definition) is 7. The van der Waals surface area contributed by atoms with Crippen molar-refractivity contribution in [3.63, 3.8) is 0 Å². The van der Waals surface area contributed by atoms with Crippen molar-refractivity contribution in [2.45, 2.75) is 45.2 Å². The molecule has 23 heavy (non-hydrogen) atoms. The number of H-pyrrole nitrogens is 1. The average Bonchev–Trinajstić information content (AvgIpc) is 3.24. The number of carbonyl (C=O) groups is 1. The van der Waals surface area contributed by atoms with Crippen LogP contribution in [0.25, 0.3) is 0 Å². The lowest BCUT2D eigenvalue weighted by molar-refractivity contribution is 0.179. The summed E-state index contributed by atoms with van der Waals surface area (Å²) in [5.41, 5.74) is 5.43. The highest BCUT2D eigenvalue weighted by atomic mass is 16.5. The van der Waals surface area contributed by atoms with Crippen LogP contribution < -0.4 is 11.1 Å². The highest BCUT2D eigenvalue weighted by molar-refractivity contribution is 5.74. The summed E-state index contributed by atoms with van der Waals surface area (Å²) in [4.78, 5) is 22.4. The zero-order valence-electron chi connectivity index (χ0n) is 13.1. The van der Waals surface area contributed by atoms with Gasteiger partial charge in [-0.1, -0.05) is 19.0 Å². The highest BCUT2D eigenvalue weighted by Crippen LogP contribution is 2.31. The molecular formula is C13H20N8O2. The molecule has 0 bridgehead atoms. The van der Waals surface area contributed by atoms with Crippen molar-refractivity contribution >= 4 is 12.0 Å². The van der Waals surface area contributed by atoms with Crippen molar-refractivity contribution < 1.29 is 9.32 Å². The fourth-order valence-electron chi connectivity index (χ4n) is 2.53. The second-order valence-electron chi connectivity index (χ2n) is 5.80. The summed E-state index contributed by atoms with van der Waals surface area (Å²) >= 11 is 0. The van der Waals surface area contributed by atoms with Crippen molar-refractivity contribution in [3.8, 4) is 0 Å². The molecular weight excluding hydrogens is 300 g/mol. The first-order valence-corrected chi connectivity index (χ1v) is 7.59. The number of hydrogen-bond donors (Lipinski definition) is 3. The maximum atomic E-state index is 12.4. The maximum Gasteiger partial charge on any atom is 0.318 e. The van der Waals surface area contributed by atoms with Crippen molar-refractivity contribution in [1.82, 2.24) is 35.5 Å². The first-order chi connectivity index (χ1) is 11.0. The van der Waals surface area contributed by atoms with E-state index in [2.05, 4.69) is 30.6 Å². The molecule has 1 fully saturated rings. The molecule has 0 saturated carbocycles. The van der Waals surface area contributed by atoms with E-state index in [-0.39, 0.29) is 30.5 Å². The monoisotopic (exact) mass is 320 g/mol. The van der Waals surface area contributed by atoms with Gasteiger partial charge < -0.3 is 20.5 Å². The van der Waals surface area contributed by atoms with Crippen LogP contribution in [0.2, 0.25) is 0 Å². The molecule has 124 valence electrons. The standard InChI is InChI=1S/C13H20N8O2/c1-7(2)10-17-11(23-20-10)8-4-3-5-21(8)13(22)15-6-9-16-12(14)19-18-9/h7-8H,3-6H2,1-2H3,(H,15,22)(H3,14,16,18,19)/t8-/m0/s1. The Bertz CT molecular complexity index is 679. The molecule has 2 aromatic heterocycles. The van der Waals surface area contributed by atoms with Crippen LogP contribution in [-0.2, 0) is 6.54 Å². The summed E-state index contributed by atoms with van der Waals surface area (Å²) < 4.78 is 5.33. The molecule has 0 aromatic carbocycles. The number of aromatic amines is 1. The summed E-state index contributed by atoms with van der Waals surface area (Å²) in [5, 5.41) is 13.1. The van der Waals surface area contributed by atoms with E-state index >= 15 is 0 Å². The molecule has 4 N–H and O–H groups in total. The van der Waals surface area contributed by atoms with Crippen LogP contribution in [0.15, 0.2) is 4.52 Å². The van der Waals surface area contributed by atoms with E-state index in [1.165, 1.54) is 0 Å². The Morgan fingerprint density at radius 2 is 2.35 bits per heavy atom. The molecule has 0 spiro atoms. The third-order valence-electron chi connectivity index (χ3n) is 3.73. The minimum atomic E-state index is -0.202. The molecule has 1 saturated heterocycles. The Morgan fingerprint density at radius 3 is 3.00 bits per heavy atom. The van der Waals surface area contributed by atoms with E-state index in [1.54, 1.807) is 4.90 Å². The minimum Gasteiger partial charge on any atom is -0.367 e. The van der Waals surface area contributed by atoms with Crippen molar-refractivity contribution in [2.75, 3.05) is 12.3 Å². The van der Waals surface area contributed by atoms with Crippen LogP contribution in [0, 0.1) is 0 Å². The van der Waals surface area contributed by atoms with Crippen molar-refractivity contribution in [2.24, 2.45) is 0 Å². The molecule has 10 heteroatoms. The Balaban J connectivity index is 1.64. The smallest absolute Gasteiger partial charge is 0.318 e. The van der Waals surface area contributed by atoms with Crippen LogP contribution in [0.5, 0.6) is 0 Å². The number of nitrogens with zero attached hydrogens (tertiary/aromatic N) is 5. The lowest BCUT2D eigenvalue weighted by Gasteiger charge is -2.21. The fraction of sp³-hybridized carbons (Fsp3) is 0.615. The van der Waals surface area contributed by atoms with Gasteiger partial charge in [0.1, 0.15) is 11.9 Å². The Labute approximate surface area is 132 Å². The predicted molar refractivity (Wildman–Crippen MR) is 80.1 cm³/mol. The van der Waals surface area contributed by atoms with Gasteiger partial charge in [0.25, 0.3) is 0 Å². The molecule has 2 amide bonds. The van der Waals surface area contributed by atoms with Crippen LogP contribution in [0.4, 0.5) is 10.7 Å². The number of nitrogens with one attached hydrogen (secondary N) is 2. The van der Waals surface area contributed by atoms with Gasteiger partial charge in [-0.15, -0.1) is 5.10 Å². The van der Waals surface area contributed by atoms with Gasteiger partial charge in [-0.3, -0.25) is 5.10 Å². The third kappa shape index (κ3) is 3.25. The van der Waals surface area contributed by atoms with E-state index in [0.29, 0.717) is 24.1 Å². The first-order valence-electron chi connectivity index (χ1n) is 7.59. The highest BCUT2D eigenvalue weighted by Gasteiger charge is 2.34. The Kier molecular flexibility index (Phi) is 4.13. The van der Waals surface area contributed by atoms with Gasteiger partial charge in [0.05, 0.1) is 6.54 Å².